The Morgan fingerprint density at radius 2 is 1.64 bits per heavy atom. The first-order chi connectivity index (χ1) is 21.8. The second-order valence-electron chi connectivity index (χ2n) is 10.8. The molecule has 0 unspecified atom stereocenters. The van der Waals surface area contributed by atoms with Crippen LogP contribution in [0.2, 0.25) is 0 Å². The Morgan fingerprint density at radius 3 is 2.29 bits per heavy atom. The summed E-state index contributed by atoms with van der Waals surface area (Å²) in [5, 5.41) is 3.00. The van der Waals surface area contributed by atoms with Gasteiger partial charge in [0.15, 0.2) is 6.61 Å². The van der Waals surface area contributed by atoms with Crippen molar-refractivity contribution < 1.29 is 37.0 Å². The summed E-state index contributed by atoms with van der Waals surface area (Å²) in [5.41, 5.74) is 1.46. The molecule has 0 radical (unpaired) electrons. The van der Waals surface area contributed by atoms with E-state index in [2.05, 4.69) is 5.32 Å². The van der Waals surface area contributed by atoms with E-state index in [1.54, 1.807) is 19.2 Å². The van der Waals surface area contributed by atoms with Gasteiger partial charge in [0.2, 0.25) is 15.9 Å². The maximum atomic E-state index is 13.9. The number of nitrogens with zero attached hydrogens (tertiary/aromatic N) is 2. The lowest BCUT2D eigenvalue weighted by atomic mass is 10.0. The minimum absolute atomic E-state index is 0.0607. The highest BCUT2D eigenvalue weighted by Gasteiger charge is 2.33. The maximum Gasteiger partial charge on any atom is 0.261 e. The van der Waals surface area contributed by atoms with Gasteiger partial charge in [0.1, 0.15) is 17.5 Å². The van der Waals surface area contributed by atoms with Crippen LogP contribution in [0.3, 0.4) is 0 Å². The molecule has 45 heavy (non-hydrogen) atoms. The number of ether oxygens (including phenoxy) is 4. The van der Waals surface area contributed by atoms with Gasteiger partial charge < -0.3 is 29.2 Å². The molecular weight excluding hydrogens is 598 g/mol. The highest BCUT2D eigenvalue weighted by atomic mass is 32.2. The summed E-state index contributed by atoms with van der Waals surface area (Å²) in [7, 11) is -2.09. The Balaban J connectivity index is 1.35. The fourth-order valence-corrected chi connectivity index (χ4v) is 6.76. The average Bonchev–Trinajstić information content (AvgIpc) is 3.61. The molecule has 2 aliphatic rings. The van der Waals surface area contributed by atoms with Crippen LogP contribution in [0.15, 0.2) is 83.8 Å². The zero-order valence-corrected chi connectivity index (χ0v) is 26.1. The Hall–Kier alpha value is -3.97. The highest BCUT2D eigenvalue weighted by molar-refractivity contribution is 7.89. The molecular formula is C33H39N3O8S. The van der Waals surface area contributed by atoms with Crippen LogP contribution in [0, 0.1) is 0 Å². The van der Waals surface area contributed by atoms with Crippen LogP contribution >= 0.6 is 0 Å². The van der Waals surface area contributed by atoms with Crippen LogP contribution < -0.4 is 14.8 Å². The van der Waals surface area contributed by atoms with Gasteiger partial charge in [-0.1, -0.05) is 42.5 Å². The van der Waals surface area contributed by atoms with Crippen LogP contribution in [-0.4, -0.2) is 88.7 Å². The first kappa shape index (κ1) is 32.4. The molecule has 0 spiro atoms. The average molecular weight is 638 g/mol. The van der Waals surface area contributed by atoms with Crippen molar-refractivity contribution in [2.24, 2.45) is 0 Å². The van der Waals surface area contributed by atoms with Gasteiger partial charge in [-0.3, -0.25) is 9.59 Å². The van der Waals surface area contributed by atoms with Crippen molar-refractivity contribution in [1.29, 1.82) is 0 Å². The molecule has 2 fully saturated rings. The lowest BCUT2D eigenvalue weighted by Gasteiger charge is -2.32. The molecule has 3 aromatic rings. The van der Waals surface area contributed by atoms with Crippen LogP contribution in [-0.2, 0) is 35.6 Å². The molecule has 0 aliphatic carbocycles. The summed E-state index contributed by atoms with van der Waals surface area (Å²) in [6.07, 6.45) is 1.75. The van der Waals surface area contributed by atoms with Crippen LogP contribution in [0.25, 0.3) is 0 Å². The second-order valence-corrected chi connectivity index (χ2v) is 12.8. The summed E-state index contributed by atoms with van der Waals surface area (Å²) in [6, 6.07) is 21.5. The molecule has 2 aliphatic heterocycles. The molecule has 2 atom stereocenters. The molecule has 0 aromatic heterocycles. The zero-order chi connectivity index (χ0) is 31.6. The number of carbonyl (C=O) groups is 2. The molecule has 0 saturated carbocycles. The van der Waals surface area contributed by atoms with E-state index in [0.29, 0.717) is 56.5 Å². The standard InChI is InChI=1S/C33H39N3O8S/c1-41-27-11-9-25(10-12-27)23-36(32(26-6-3-2-4-7-26)33(38)34-22-29-8-5-19-43-29)31(37)24-44-28-13-15-30(16-14-28)45(39,40)35-17-20-42-21-18-35/h2-4,6-7,9-16,29,32H,5,8,17-24H2,1H3,(H,34,38)/t29-,32+/m1/s1. The third kappa shape index (κ3) is 8.40. The quantitative estimate of drug-likeness (QED) is 0.303. The SMILES string of the molecule is COc1ccc(CN(C(=O)COc2ccc(S(=O)(=O)N3CCOCC3)cc2)[C@H](C(=O)NC[C@H]2CCCO2)c2ccccc2)cc1. The smallest absolute Gasteiger partial charge is 0.261 e. The predicted octanol–water partition coefficient (Wildman–Crippen LogP) is 3.16. The minimum Gasteiger partial charge on any atom is -0.497 e. The molecule has 12 heteroatoms. The van der Waals surface area contributed by atoms with Gasteiger partial charge in [-0.15, -0.1) is 0 Å². The number of morpholine rings is 1. The Kier molecular flexibility index (Phi) is 11.1. The topological polar surface area (TPSA) is 124 Å². The van der Waals surface area contributed by atoms with E-state index in [9.17, 15) is 18.0 Å². The van der Waals surface area contributed by atoms with Gasteiger partial charge in [-0.05, 0) is 60.4 Å². The van der Waals surface area contributed by atoms with Gasteiger partial charge in [-0.2, -0.15) is 4.31 Å². The van der Waals surface area contributed by atoms with Gasteiger partial charge >= 0.3 is 0 Å². The van der Waals surface area contributed by atoms with Crippen LogP contribution in [0.1, 0.15) is 30.0 Å². The summed E-state index contributed by atoms with van der Waals surface area (Å²) in [5.74, 6) is 0.258. The van der Waals surface area contributed by atoms with Crippen molar-refractivity contribution in [2.45, 2.75) is 36.4 Å². The van der Waals surface area contributed by atoms with E-state index < -0.39 is 22.0 Å². The largest absolute Gasteiger partial charge is 0.497 e. The monoisotopic (exact) mass is 637 g/mol. The first-order valence-corrected chi connectivity index (χ1v) is 16.5. The van der Waals surface area contributed by atoms with Crippen molar-refractivity contribution in [1.82, 2.24) is 14.5 Å². The fraction of sp³-hybridized carbons (Fsp3) is 0.394. The summed E-state index contributed by atoms with van der Waals surface area (Å²) >= 11 is 0. The van der Waals surface area contributed by atoms with E-state index in [0.717, 1.165) is 18.4 Å². The first-order valence-electron chi connectivity index (χ1n) is 15.0. The van der Waals surface area contributed by atoms with E-state index in [-0.39, 0.29) is 30.1 Å². The number of hydrogen-bond donors (Lipinski definition) is 1. The minimum atomic E-state index is -3.67. The van der Waals surface area contributed by atoms with Crippen molar-refractivity contribution in [3.8, 4) is 11.5 Å². The summed E-state index contributed by atoms with van der Waals surface area (Å²) in [6.45, 7) is 2.08. The molecule has 11 nitrogen and oxygen atoms in total. The van der Waals surface area contributed by atoms with Gasteiger partial charge in [0.25, 0.3) is 5.91 Å². The molecule has 240 valence electrons. The predicted molar refractivity (Wildman–Crippen MR) is 166 cm³/mol. The number of methoxy groups -OCH3 is 1. The number of nitrogens with one attached hydrogen (secondary N) is 1. The second kappa shape index (κ2) is 15.3. The number of amides is 2. The van der Waals surface area contributed by atoms with E-state index in [1.165, 1.54) is 33.5 Å². The lowest BCUT2D eigenvalue weighted by molar-refractivity contribution is -0.143. The molecule has 2 heterocycles. The van der Waals surface area contributed by atoms with Crippen LogP contribution in [0.5, 0.6) is 11.5 Å². The molecule has 1 N–H and O–H groups in total. The normalized spacial score (nSPS) is 17.8. The third-order valence-electron chi connectivity index (χ3n) is 7.83. The van der Waals surface area contributed by atoms with Gasteiger partial charge in [0, 0.05) is 32.8 Å². The highest BCUT2D eigenvalue weighted by Crippen LogP contribution is 2.26. The number of rotatable bonds is 13. The van der Waals surface area contributed by atoms with Crippen molar-refractivity contribution in [3.63, 3.8) is 0 Å². The van der Waals surface area contributed by atoms with Crippen LogP contribution in [0.4, 0.5) is 0 Å². The van der Waals surface area contributed by atoms with Crippen molar-refractivity contribution >= 4 is 21.8 Å². The maximum absolute atomic E-state index is 13.9. The Bertz CT molecular complexity index is 1510. The third-order valence-corrected chi connectivity index (χ3v) is 9.74. The molecule has 5 rings (SSSR count). The zero-order valence-electron chi connectivity index (χ0n) is 25.3. The Labute approximate surface area is 264 Å². The molecule has 2 amide bonds. The van der Waals surface area contributed by atoms with E-state index in [4.69, 9.17) is 18.9 Å². The number of benzene rings is 3. The number of hydrogen-bond acceptors (Lipinski definition) is 8. The van der Waals surface area contributed by atoms with Crippen molar-refractivity contribution in [2.75, 3.05) is 53.2 Å². The van der Waals surface area contributed by atoms with Crippen molar-refractivity contribution in [3.05, 3.63) is 90.0 Å². The molecule has 0 bridgehead atoms. The van der Waals surface area contributed by atoms with Gasteiger partial charge in [-0.25, -0.2) is 8.42 Å². The molecule has 3 aromatic carbocycles. The molecule has 2 saturated heterocycles. The number of carbonyl (C=O) groups excluding carboxylic acids is 2. The number of sulfonamides is 1. The lowest BCUT2D eigenvalue weighted by Crippen LogP contribution is -2.46. The summed E-state index contributed by atoms with van der Waals surface area (Å²) < 4.78 is 49.5. The fourth-order valence-electron chi connectivity index (χ4n) is 5.35. The summed E-state index contributed by atoms with van der Waals surface area (Å²) in [4.78, 5) is 29.3. The van der Waals surface area contributed by atoms with Gasteiger partial charge in [0.05, 0.1) is 31.3 Å². The van der Waals surface area contributed by atoms with E-state index >= 15 is 0 Å². The van der Waals surface area contributed by atoms with E-state index in [1.807, 2.05) is 42.5 Å². The Morgan fingerprint density at radius 1 is 0.956 bits per heavy atom.